The molecule has 0 saturated carbocycles. The quantitative estimate of drug-likeness (QED) is 0.294. The van der Waals surface area contributed by atoms with Gasteiger partial charge in [-0.1, -0.05) is 37.3 Å². The van der Waals surface area contributed by atoms with Crippen molar-refractivity contribution < 1.29 is 9.53 Å². The first-order chi connectivity index (χ1) is 13.0. The molecule has 1 unspecified atom stereocenters. The molecule has 0 fully saturated rings. The molecule has 6 nitrogen and oxygen atoms in total. The van der Waals surface area contributed by atoms with Crippen molar-refractivity contribution in [2.45, 2.75) is 39.5 Å². The molecule has 7 heteroatoms. The molecule has 4 N–H and O–H groups in total. The summed E-state index contributed by atoms with van der Waals surface area (Å²) in [4.78, 5) is 16.5. The molecule has 0 heterocycles. The fourth-order valence-corrected chi connectivity index (χ4v) is 2.45. The van der Waals surface area contributed by atoms with Crippen LogP contribution in [-0.2, 0) is 17.9 Å². The molecule has 1 atom stereocenters. The zero-order chi connectivity index (χ0) is 19.6. The van der Waals surface area contributed by atoms with Gasteiger partial charge in [-0.05, 0) is 37.1 Å². The number of nitrogens with two attached hydrogens (primary N) is 1. The van der Waals surface area contributed by atoms with Crippen molar-refractivity contribution in [1.29, 1.82) is 0 Å². The number of methoxy groups -OCH3 is 1. The smallest absolute Gasteiger partial charge is 0.251 e. The third-order valence-electron chi connectivity index (χ3n) is 4.22. The first-order valence-corrected chi connectivity index (χ1v) is 9.07. The maximum absolute atomic E-state index is 12.1. The lowest BCUT2D eigenvalue weighted by Crippen LogP contribution is -2.31. The molecule has 2 rings (SSSR count). The zero-order valence-electron chi connectivity index (χ0n) is 16.6. The molecule has 0 saturated heterocycles. The maximum Gasteiger partial charge on any atom is 0.251 e. The molecule has 0 bridgehead atoms. The molecule has 152 valence electrons. The van der Waals surface area contributed by atoms with E-state index in [1.54, 1.807) is 19.2 Å². The average Bonchev–Trinajstić information content (AvgIpc) is 2.68. The Morgan fingerprint density at radius 1 is 1.18 bits per heavy atom. The van der Waals surface area contributed by atoms with Crippen molar-refractivity contribution in [3.8, 4) is 0 Å². The molecule has 0 spiro atoms. The summed E-state index contributed by atoms with van der Waals surface area (Å²) < 4.78 is 5.19. The number of guanidine groups is 1. The van der Waals surface area contributed by atoms with Gasteiger partial charge >= 0.3 is 0 Å². The van der Waals surface area contributed by atoms with Crippen LogP contribution >= 0.6 is 24.0 Å². The second kappa shape index (κ2) is 12.4. The number of hydrogen-bond acceptors (Lipinski definition) is 3. The van der Waals surface area contributed by atoms with E-state index in [9.17, 15) is 4.79 Å². The fraction of sp³-hybridized carbons (Fsp3) is 0.333. The van der Waals surface area contributed by atoms with Gasteiger partial charge in [0.15, 0.2) is 5.96 Å². The fourth-order valence-electron chi connectivity index (χ4n) is 2.45. The van der Waals surface area contributed by atoms with E-state index >= 15 is 0 Å². The van der Waals surface area contributed by atoms with Gasteiger partial charge < -0.3 is 21.1 Å². The van der Waals surface area contributed by atoms with Crippen molar-refractivity contribution in [3.63, 3.8) is 0 Å². The Kier molecular flexibility index (Phi) is 10.5. The van der Waals surface area contributed by atoms with Crippen molar-refractivity contribution >= 4 is 41.5 Å². The topological polar surface area (TPSA) is 88.7 Å². The highest BCUT2D eigenvalue weighted by Gasteiger charge is 2.08. The lowest BCUT2D eigenvalue weighted by molar-refractivity contribution is 0.0939. The number of amides is 1. The molecular weight excluding hydrogens is 467 g/mol. The third kappa shape index (κ3) is 7.47. The van der Waals surface area contributed by atoms with Crippen LogP contribution in [0.15, 0.2) is 53.5 Å². The minimum atomic E-state index is -0.0599. The van der Waals surface area contributed by atoms with Gasteiger partial charge in [0, 0.05) is 30.0 Å². The summed E-state index contributed by atoms with van der Waals surface area (Å²) in [5, 5.41) is 6.06. The van der Waals surface area contributed by atoms with Crippen molar-refractivity contribution in [2.75, 3.05) is 12.4 Å². The van der Waals surface area contributed by atoms with Crippen LogP contribution in [0.25, 0.3) is 0 Å². The van der Waals surface area contributed by atoms with E-state index in [0.717, 1.165) is 23.2 Å². The Morgan fingerprint density at radius 3 is 2.50 bits per heavy atom. The molecule has 0 aliphatic rings. The average molecular weight is 496 g/mol. The van der Waals surface area contributed by atoms with Gasteiger partial charge in [-0.25, -0.2) is 4.99 Å². The van der Waals surface area contributed by atoms with Gasteiger partial charge in [0.25, 0.3) is 5.91 Å². The van der Waals surface area contributed by atoms with E-state index in [4.69, 9.17) is 10.5 Å². The van der Waals surface area contributed by atoms with Crippen LogP contribution < -0.4 is 16.4 Å². The molecule has 28 heavy (non-hydrogen) atoms. The number of rotatable bonds is 8. The number of carbonyl (C=O) groups is 1. The first-order valence-electron chi connectivity index (χ1n) is 9.07. The number of hydrogen-bond donors (Lipinski definition) is 3. The number of carbonyl (C=O) groups excluding carboxylic acids is 1. The SMILES string of the molecule is CCC(C)NC(=O)c1ccc(CN=C(N)Nc2ccccc2COC)cc1.I. The van der Waals surface area contributed by atoms with Crippen molar-refractivity contribution in [1.82, 2.24) is 5.32 Å². The summed E-state index contributed by atoms with van der Waals surface area (Å²) in [5.74, 6) is 0.271. The van der Waals surface area contributed by atoms with Gasteiger partial charge in [0.2, 0.25) is 0 Å². The number of ether oxygens (including phenoxy) is 1. The third-order valence-corrected chi connectivity index (χ3v) is 4.22. The van der Waals surface area contributed by atoms with E-state index in [-0.39, 0.29) is 35.9 Å². The highest BCUT2D eigenvalue weighted by molar-refractivity contribution is 14.0. The molecule has 2 aromatic carbocycles. The predicted octanol–water partition coefficient (Wildman–Crippen LogP) is 3.91. The number of halogens is 1. The largest absolute Gasteiger partial charge is 0.380 e. The Balaban J connectivity index is 0.00000392. The Bertz CT molecular complexity index is 778. The standard InChI is InChI=1S/C21H28N4O2.HI/c1-4-15(2)24-20(26)17-11-9-16(10-12-17)13-23-21(22)25-19-8-6-5-7-18(19)14-27-3;/h5-12,15H,4,13-14H2,1-3H3,(H,24,26)(H3,22,23,25);1H. The lowest BCUT2D eigenvalue weighted by Gasteiger charge is -2.12. The summed E-state index contributed by atoms with van der Waals surface area (Å²) in [6.45, 7) is 4.95. The predicted molar refractivity (Wildman–Crippen MR) is 125 cm³/mol. The van der Waals surface area contributed by atoms with Crippen LogP contribution in [0.4, 0.5) is 5.69 Å². The summed E-state index contributed by atoms with van der Waals surface area (Å²) in [7, 11) is 1.65. The van der Waals surface area contributed by atoms with Gasteiger partial charge in [0.05, 0.1) is 13.2 Å². The minimum absolute atomic E-state index is 0. The van der Waals surface area contributed by atoms with Crippen LogP contribution in [0.1, 0.15) is 41.8 Å². The minimum Gasteiger partial charge on any atom is -0.380 e. The summed E-state index contributed by atoms with van der Waals surface area (Å²) in [6.07, 6.45) is 0.901. The summed E-state index contributed by atoms with van der Waals surface area (Å²) in [6, 6.07) is 15.3. The van der Waals surface area contributed by atoms with Crippen LogP contribution in [0.5, 0.6) is 0 Å². The van der Waals surface area contributed by atoms with E-state index in [1.165, 1.54) is 0 Å². The Hall–Kier alpha value is -2.13. The van der Waals surface area contributed by atoms with E-state index < -0.39 is 0 Å². The van der Waals surface area contributed by atoms with E-state index in [1.807, 2.05) is 50.2 Å². The van der Waals surface area contributed by atoms with Crippen molar-refractivity contribution in [2.24, 2.45) is 10.7 Å². The molecule has 0 aliphatic carbocycles. The number of para-hydroxylation sites is 1. The molecule has 0 radical (unpaired) electrons. The molecule has 2 aromatic rings. The second-order valence-corrected chi connectivity index (χ2v) is 6.40. The summed E-state index contributed by atoms with van der Waals surface area (Å²) >= 11 is 0. The molecular formula is C21H29IN4O2. The second-order valence-electron chi connectivity index (χ2n) is 6.40. The van der Waals surface area contributed by atoms with E-state index in [2.05, 4.69) is 15.6 Å². The number of anilines is 1. The monoisotopic (exact) mass is 496 g/mol. The Labute approximate surface area is 184 Å². The van der Waals surface area contributed by atoms with Gasteiger partial charge in [-0.3, -0.25) is 4.79 Å². The molecule has 0 aromatic heterocycles. The van der Waals surface area contributed by atoms with Crippen molar-refractivity contribution in [3.05, 3.63) is 65.2 Å². The Morgan fingerprint density at radius 2 is 1.86 bits per heavy atom. The normalized spacial score (nSPS) is 12.0. The highest BCUT2D eigenvalue weighted by atomic mass is 127. The zero-order valence-corrected chi connectivity index (χ0v) is 18.9. The number of nitrogens with one attached hydrogen (secondary N) is 2. The van der Waals surface area contributed by atoms with Crippen LogP contribution in [-0.4, -0.2) is 25.0 Å². The number of aliphatic imine (C=N–C) groups is 1. The number of nitrogens with zero attached hydrogens (tertiary/aromatic N) is 1. The number of benzene rings is 2. The highest BCUT2D eigenvalue weighted by Crippen LogP contribution is 2.15. The van der Waals surface area contributed by atoms with Crippen LogP contribution in [0.2, 0.25) is 0 Å². The van der Waals surface area contributed by atoms with Gasteiger partial charge in [-0.15, -0.1) is 24.0 Å². The lowest BCUT2D eigenvalue weighted by atomic mass is 10.1. The molecule has 0 aliphatic heterocycles. The van der Waals surface area contributed by atoms with E-state index in [0.29, 0.717) is 24.7 Å². The first kappa shape index (κ1) is 23.9. The van der Waals surface area contributed by atoms with Crippen LogP contribution in [0.3, 0.4) is 0 Å². The van der Waals surface area contributed by atoms with Gasteiger partial charge in [-0.2, -0.15) is 0 Å². The maximum atomic E-state index is 12.1. The van der Waals surface area contributed by atoms with Gasteiger partial charge in [0.1, 0.15) is 0 Å². The van der Waals surface area contributed by atoms with Crippen LogP contribution in [0, 0.1) is 0 Å². The molecule has 1 amide bonds. The summed E-state index contributed by atoms with van der Waals surface area (Å²) in [5.41, 5.74) is 9.50.